The lowest BCUT2D eigenvalue weighted by Gasteiger charge is -2.23. The second kappa shape index (κ2) is 11.2. The van der Waals surface area contributed by atoms with Gasteiger partial charge in [0.1, 0.15) is 10.0 Å². The Labute approximate surface area is 245 Å². The molecule has 0 fully saturated rings. The van der Waals surface area contributed by atoms with Gasteiger partial charge in [-0.2, -0.15) is 0 Å². The van der Waals surface area contributed by atoms with Crippen molar-refractivity contribution in [3.05, 3.63) is 112 Å². The predicted octanol–water partition coefficient (Wildman–Crippen LogP) is 7.25. The van der Waals surface area contributed by atoms with Gasteiger partial charge >= 0.3 is 5.97 Å². The molecular weight excluding hydrogens is 558 g/mol. The van der Waals surface area contributed by atoms with Crippen LogP contribution >= 0.6 is 22.9 Å². The fraction of sp³-hybridized carbons (Fsp3) is 0.125. The summed E-state index contributed by atoms with van der Waals surface area (Å²) in [5.41, 5.74) is 4.69. The molecular formula is C32H24ClN3O4S. The highest BCUT2D eigenvalue weighted by molar-refractivity contribution is 7.17. The molecule has 0 saturated heterocycles. The van der Waals surface area contributed by atoms with E-state index in [-0.39, 0.29) is 28.5 Å². The van der Waals surface area contributed by atoms with Crippen LogP contribution in [0.5, 0.6) is 0 Å². The molecule has 1 aliphatic heterocycles. The number of aromatic nitrogens is 1. The van der Waals surface area contributed by atoms with E-state index in [1.807, 2.05) is 54.6 Å². The second-order valence-electron chi connectivity index (χ2n) is 9.46. The number of halogens is 1. The van der Waals surface area contributed by atoms with Crippen molar-refractivity contribution in [2.45, 2.75) is 13.3 Å². The van der Waals surface area contributed by atoms with E-state index in [4.69, 9.17) is 16.3 Å². The Morgan fingerprint density at radius 2 is 1.76 bits per heavy atom. The first-order valence-electron chi connectivity index (χ1n) is 13.1. The maximum Gasteiger partial charge on any atom is 0.348 e. The molecule has 1 aliphatic rings. The van der Waals surface area contributed by atoms with E-state index >= 15 is 0 Å². The normalized spacial score (nSPS) is 12.3. The molecule has 41 heavy (non-hydrogen) atoms. The second-order valence-corrected chi connectivity index (χ2v) is 10.9. The number of rotatable bonds is 5. The van der Waals surface area contributed by atoms with E-state index in [9.17, 15) is 14.4 Å². The number of amides is 2. The summed E-state index contributed by atoms with van der Waals surface area (Å²) in [6.45, 7) is 2.55. The third-order valence-electron chi connectivity index (χ3n) is 6.89. The molecule has 1 N–H and O–H groups in total. The summed E-state index contributed by atoms with van der Waals surface area (Å²) in [5, 5.41) is 3.78. The molecule has 7 nitrogen and oxygen atoms in total. The van der Waals surface area contributed by atoms with Gasteiger partial charge in [0.25, 0.3) is 11.8 Å². The molecule has 0 aliphatic carbocycles. The number of nitrogens with zero attached hydrogens (tertiary/aromatic N) is 2. The number of ether oxygens (including phenoxy) is 1. The standard InChI is InChI=1S/C32H24ClN3O4S/c1-2-40-32(39)27-18-21-15-16-36(26-10-6-4-8-23(26)28(21)41-27)31(38)19-11-13-22(14-12-19)34-30(37)24-17-20-7-3-5-9-25(20)35-29(24)33/h3-14,17-18H,2,15-16H2,1H3,(H,34,37). The summed E-state index contributed by atoms with van der Waals surface area (Å²) < 4.78 is 5.19. The van der Waals surface area contributed by atoms with Crippen LogP contribution in [0.4, 0.5) is 11.4 Å². The van der Waals surface area contributed by atoms with Gasteiger partial charge in [0.15, 0.2) is 0 Å². The van der Waals surface area contributed by atoms with Crippen molar-refractivity contribution in [2.75, 3.05) is 23.4 Å². The lowest BCUT2D eigenvalue weighted by atomic mass is 10.1. The highest BCUT2D eigenvalue weighted by Gasteiger charge is 2.28. The van der Waals surface area contributed by atoms with Crippen molar-refractivity contribution in [1.29, 1.82) is 0 Å². The van der Waals surface area contributed by atoms with Crippen LogP contribution < -0.4 is 10.2 Å². The molecule has 0 atom stereocenters. The fourth-order valence-corrected chi connectivity index (χ4v) is 6.28. The Bertz CT molecular complexity index is 1820. The third kappa shape index (κ3) is 5.19. The quantitative estimate of drug-likeness (QED) is 0.174. The average Bonchev–Trinajstić information content (AvgIpc) is 3.35. The number of hydrogen-bond donors (Lipinski definition) is 1. The van der Waals surface area contributed by atoms with Gasteiger partial charge in [-0.1, -0.05) is 48.0 Å². The van der Waals surface area contributed by atoms with Gasteiger partial charge in [0, 0.05) is 33.6 Å². The fourth-order valence-electron chi connectivity index (χ4n) is 4.91. The summed E-state index contributed by atoms with van der Waals surface area (Å²) in [7, 11) is 0. The van der Waals surface area contributed by atoms with Crippen molar-refractivity contribution < 1.29 is 19.1 Å². The SMILES string of the molecule is CCOC(=O)c1cc2c(s1)-c1ccccc1N(C(=O)c1ccc(NC(=O)c3cc4ccccc4nc3Cl)cc1)CC2. The van der Waals surface area contributed by atoms with E-state index < -0.39 is 0 Å². The number of fused-ring (bicyclic) bond motifs is 4. The van der Waals surface area contributed by atoms with Gasteiger partial charge in [0.2, 0.25) is 0 Å². The summed E-state index contributed by atoms with van der Waals surface area (Å²) in [4.78, 5) is 46.6. The van der Waals surface area contributed by atoms with Crippen LogP contribution in [-0.4, -0.2) is 35.9 Å². The summed E-state index contributed by atoms with van der Waals surface area (Å²) in [6.07, 6.45) is 0.598. The molecule has 3 aromatic carbocycles. The molecule has 204 valence electrons. The largest absolute Gasteiger partial charge is 0.462 e. The first-order valence-corrected chi connectivity index (χ1v) is 14.3. The summed E-state index contributed by atoms with van der Waals surface area (Å²) in [5.74, 6) is -0.873. The Kier molecular flexibility index (Phi) is 7.26. The minimum Gasteiger partial charge on any atom is -0.462 e. The Balaban J connectivity index is 1.22. The smallest absolute Gasteiger partial charge is 0.348 e. The Morgan fingerprint density at radius 1 is 1.00 bits per heavy atom. The first kappa shape index (κ1) is 26.7. The van der Waals surface area contributed by atoms with Gasteiger partial charge in [-0.05, 0) is 67.4 Å². The minimum atomic E-state index is -0.387. The number of para-hydroxylation sites is 2. The van der Waals surface area contributed by atoms with Crippen molar-refractivity contribution in [3.8, 4) is 10.4 Å². The summed E-state index contributed by atoms with van der Waals surface area (Å²) >= 11 is 7.68. The van der Waals surface area contributed by atoms with Gasteiger partial charge in [-0.3, -0.25) is 9.59 Å². The Morgan fingerprint density at radius 3 is 2.56 bits per heavy atom. The number of carbonyl (C=O) groups excluding carboxylic acids is 3. The zero-order chi connectivity index (χ0) is 28.5. The molecule has 9 heteroatoms. The van der Waals surface area contributed by atoms with Crippen LogP contribution in [0.1, 0.15) is 42.9 Å². The lowest BCUT2D eigenvalue weighted by molar-refractivity contribution is 0.0531. The molecule has 6 rings (SSSR count). The molecule has 5 aromatic rings. The number of anilines is 2. The topological polar surface area (TPSA) is 88.6 Å². The van der Waals surface area contributed by atoms with Crippen molar-refractivity contribution in [3.63, 3.8) is 0 Å². The van der Waals surface area contributed by atoms with Crippen molar-refractivity contribution in [1.82, 2.24) is 4.98 Å². The zero-order valence-electron chi connectivity index (χ0n) is 22.0. The van der Waals surface area contributed by atoms with E-state index in [1.54, 1.807) is 42.2 Å². The molecule has 0 spiro atoms. The predicted molar refractivity (Wildman–Crippen MR) is 162 cm³/mol. The number of pyridine rings is 1. The van der Waals surface area contributed by atoms with Crippen LogP contribution in [0.15, 0.2) is 84.9 Å². The molecule has 0 unspecified atom stereocenters. The van der Waals surface area contributed by atoms with Crippen LogP contribution in [0.2, 0.25) is 5.15 Å². The molecule has 2 aromatic heterocycles. The zero-order valence-corrected chi connectivity index (χ0v) is 23.6. The number of thiophene rings is 1. The maximum absolute atomic E-state index is 13.7. The lowest BCUT2D eigenvalue weighted by Crippen LogP contribution is -2.32. The van der Waals surface area contributed by atoms with Crippen LogP contribution in [0, 0.1) is 0 Å². The van der Waals surface area contributed by atoms with Gasteiger partial charge in [0.05, 0.1) is 23.4 Å². The first-order chi connectivity index (χ1) is 19.9. The van der Waals surface area contributed by atoms with E-state index in [2.05, 4.69) is 10.3 Å². The molecule has 0 bridgehead atoms. The van der Waals surface area contributed by atoms with E-state index in [0.29, 0.717) is 41.2 Å². The van der Waals surface area contributed by atoms with Gasteiger partial charge in [-0.15, -0.1) is 11.3 Å². The number of nitrogens with one attached hydrogen (secondary N) is 1. The van der Waals surface area contributed by atoms with Crippen molar-refractivity contribution in [2.24, 2.45) is 0 Å². The van der Waals surface area contributed by atoms with Crippen LogP contribution in [0.3, 0.4) is 0 Å². The number of carbonyl (C=O) groups is 3. The van der Waals surface area contributed by atoms with Crippen LogP contribution in [0.25, 0.3) is 21.3 Å². The summed E-state index contributed by atoms with van der Waals surface area (Å²) in [6, 6.07) is 25.5. The van der Waals surface area contributed by atoms with Gasteiger partial charge < -0.3 is 15.0 Å². The van der Waals surface area contributed by atoms with Gasteiger partial charge in [-0.25, -0.2) is 9.78 Å². The van der Waals surface area contributed by atoms with E-state index in [0.717, 1.165) is 27.1 Å². The van der Waals surface area contributed by atoms with E-state index in [1.165, 1.54) is 11.3 Å². The molecule has 0 radical (unpaired) electrons. The number of hydrogen-bond acceptors (Lipinski definition) is 6. The minimum absolute atomic E-state index is 0.121. The van der Waals surface area contributed by atoms with Crippen molar-refractivity contribution >= 4 is 63.0 Å². The highest BCUT2D eigenvalue weighted by Crippen LogP contribution is 2.42. The molecule has 0 saturated carbocycles. The maximum atomic E-state index is 13.7. The third-order valence-corrected chi connectivity index (χ3v) is 8.37. The van der Waals surface area contributed by atoms with Crippen LogP contribution in [-0.2, 0) is 11.2 Å². The number of esters is 1. The highest BCUT2D eigenvalue weighted by atomic mass is 35.5. The number of benzene rings is 3. The molecule has 2 amide bonds. The average molecular weight is 582 g/mol. The molecule has 3 heterocycles. The monoisotopic (exact) mass is 581 g/mol. The Hall–Kier alpha value is -4.53.